The molecule has 0 spiro atoms. The molecule has 0 N–H and O–H groups in total. The highest BCUT2D eigenvalue weighted by molar-refractivity contribution is 7.87. The number of hydrogen-bond donors (Lipinski definition) is 0. The van der Waals surface area contributed by atoms with E-state index in [-0.39, 0.29) is 4.90 Å². The summed E-state index contributed by atoms with van der Waals surface area (Å²) in [5, 5.41) is 0. The maximum Gasteiger partial charge on any atom is 0.339 e. The number of anilines is 1. The standard InChI is InChI=1S/C28H34N2O4S/c1-23-6-16-28(17-7-23)35(31,32)34-27-14-10-25(11-15-27)30-21-19-29(20-22-30)18-4-3-5-24-8-12-26(33-2)13-9-24/h6-17H,3-5,18-22H2,1-2H3. The van der Waals surface area contributed by atoms with E-state index in [0.717, 1.165) is 56.1 Å². The molecule has 6 nitrogen and oxygen atoms in total. The Balaban J connectivity index is 1.20. The fourth-order valence-electron chi connectivity index (χ4n) is 4.28. The van der Waals surface area contributed by atoms with Crippen molar-refractivity contribution in [1.29, 1.82) is 0 Å². The van der Waals surface area contributed by atoms with Crippen LogP contribution in [0.15, 0.2) is 77.7 Å². The van der Waals surface area contributed by atoms with Gasteiger partial charge in [-0.1, -0.05) is 29.8 Å². The summed E-state index contributed by atoms with van der Waals surface area (Å²) in [6, 6.07) is 22.3. The molecule has 0 amide bonds. The molecule has 0 saturated carbocycles. The normalized spacial score (nSPS) is 14.6. The zero-order valence-electron chi connectivity index (χ0n) is 20.5. The van der Waals surface area contributed by atoms with Crippen molar-refractivity contribution in [3.05, 3.63) is 83.9 Å². The molecule has 35 heavy (non-hydrogen) atoms. The van der Waals surface area contributed by atoms with Crippen LogP contribution in [0.2, 0.25) is 0 Å². The van der Waals surface area contributed by atoms with Crippen LogP contribution in [0.3, 0.4) is 0 Å². The predicted molar refractivity (Wildman–Crippen MR) is 140 cm³/mol. The topological polar surface area (TPSA) is 59.1 Å². The molecule has 0 bridgehead atoms. The van der Waals surface area contributed by atoms with Gasteiger partial charge < -0.3 is 13.8 Å². The SMILES string of the molecule is COc1ccc(CCCCN2CCN(c3ccc(OS(=O)(=O)c4ccc(C)cc4)cc3)CC2)cc1. The Labute approximate surface area is 209 Å². The van der Waals surface area contributed by atoms with Gasteiger partial charge in [-0.25, -0.2) is 0 Å². The third-order valence-corrected chi connectivity index (χ3v) is 7.70. The molecule has 0 atom stereocenters. The van der Waals surface area contributed by atoms with Crippen molar-refractivity contribution in [3.63, 3.8) is 0 Å². The number of benzene rings is 3. The fourth-order valence-corrected chi connectivity index (χ4v) is 5.21. The Morgan fingerprint density at radius 1 is 0.771 bits per heavy atom. The first-order chi connectivity index (χ1) is 16.9. The van der Waals surface area contributed by atoms with Gasteiger partial charge in [-0.2, -0.15) is 8.42 Å². The summed E-state index contributed by atoms with van der Waals surface area (Å²) in [4.78, 5) is 5.02. The minimum Gasteiger partial charge on any atom is -0.497 e. The lowest BCUT2D eigenvalue weighted by Crippen LogP contribution is -2.46. The minimum atomic E-state index is -3.83. The van der Waals surface area contributed by atoms with Crippen molar-refractivity contribution in [2.75, 3.05) is 44.7 Å². The largest absolute Gasteiger partial charge is 0.497 e. The molecule has 0 radical (unpaired) electrons. The van der Waals surface area contributed by atoms with Crippen LogP contribution in [0.4, 0.5) is 5.69 Å². The maximum atomic E-state index is 12.5. The lowest BCUT2D eigenvalue weighted by atomic mass is 10.1. The van der Waals surface area contributed by atoms with Crippen molar-refractivity contribution >= 4 is 15.8 Å². The molecule has 1 aliphatic heterocycles. The second-order valence-electron chi connectivity index (χ2n) is 8.98. The Hall–Kier alpha value is -3.03. The molecular formula is C28H34N2O4S. The highest BCUT2D eigenvalue weighted by atomic mass is 32.2. The van der Waals surface area contributed by atoms with Gasteiger partial charge in [0.2, 0.25) is 0 Å². The summed E-state index contributed by atoms with van der Waals surface area (Å²) in [6.07, 6.45) is 3.46. The van der Waals surface area contributed by atoms with E-state index >= 15 is 0 Å². The molecule has 3 aromatic carbocycles. The van der Waals surface area contributed by atoms with E-state index in [1.807, 2.05) is 31.2 Å². The van der Waals surface area contributed by atoms with E-state index < -0.39 is 10.1 Å². The lowest BCUT2D eigenvalue weighted by molar-refractivity contribution is 0.253. The summed E-state index contributed by atoms with van der Waals surface area (Å²) < 4.78 is 35.6. The Kier molecular flexibility index (Phi) is 8.31. The molecule has 1 heterocycles. The summed E-state index contributed by atoms with van der Waals surface area (Å²) in [5.74, 6) is 1.23. The minimum absolute atomic E-state index is 0.160. The summed E-state index contributed by atoms with van der Waals surface area (Å²) in [6.45, 7) is 7.01. The average molecular weight is 495 g/mol. The van der Waals surface area contributed by atoms with Gasteiger partial charge in [-0.3, -0.25) is 4.90 Å². The zero-order chi connectivity index (χ0) is 24.7. The third-order valence-electron chi connectivity index (χ3n) is 6.44. The number of rotatable bonds is 10. The van der Waals surface area contributed by atoms with Crippen LogP contribution < -0.4 is 13.8 Å². The van der Waals surface area contributed by atoms with Gasteiger partial charge in [-0.15, -0.1) is 0 Å². The predicted octanol–water partition coefficient (Wildman–Crippen LogP) is 4.92. The van der Waals surface area contributed by atoms with Gasteiger partial charge in [0.05, 0.1) is 7.11 Å². The molecule has 0 unspecified atom stereocenters. The Morgan fingerprint density at radius 3 is 2.03 bits per heavy atom. The van der Waals surface area contributed by atoms with E-state index in [1.54, 1.807) is 43.5 Å². The number of ether oxygens (including phenoxy) is 1. The van der Waals surface area contributed by atoms with Crippen molar-refractivity contribution in [3.8, 4) is 11.5 Å². The van der Waals surface area contributed by atoms with E-state index in [4.69, 9.17) is 8.92 Å². The second-order valence-corrected chi connectivity index (χ2v) is 10.5. The van der Waals surface area contributed by atoms with Crippen LogP contribution in [0.1, 0.15) is 24.0 Å². The molecule has 1 saturated heterocycles. The van der Waals surface area contributed by atoms with E-state index in [0.29, 0.717) is 5.75 Å². The number of aryl methyl sites for hydroxylation is 2. The number of hydrogen-bond acceptors (Lipinski definition) is 6. The molecule has 4 rings (SSSR count). The summed E-state index contributed by atoms with van der Waals surface area (Å²) in [7, 11) is -2.14. The zero-order valence-corrected chi connectivity index (χ0v) is 21.3. The van der Waals surface area contributed by atoms with Crippen molar-refractivity contribution in [2.24, 2.45) is 0 Å². The summed E-state index contributed by atoms with van der Waals surface area (Å²) >= 11 is 0. The average Bonchev–Trinajstić information content (AvgIpc) is 2.88. The Bertz CT molecular complexity index is 1170. The summed E-state index contributed by atoms with van der Waals surface area (Å²) in [5.41, 5.74) is 3.45. The van der Waals surface area contributed by atoms with Crippen LogP contribution in [0, 0.1) is 6.92 Å². The van der Waals surface area contributed by atoms with Gasteiger partial charge in [0.15, 0.2) is 0 Å². The lowest BCUT2D eigenvalue weighted by Gasteiger charge is -2.36. The van der Waals surface area contributed by atoms with Gasteiger partial charge in [0.1, 0.15) is 16.4 Å². The van der Waals surface area contributed by atoms with Gasteiger partial charge >= 0.3 is 10.1 Å². The Morgan fingerprint density at radius 2 is 1.40 bits per heavy atom. The highest BCUT2D eigenvalue weighted by Gasteiger charge is 2.19. The van der Waals surface area contributed by atoms with Crippen molar-refractivity contribution in [1.82, 2.24) is 4.90 Å². The smallest absolute Gasteiger partial charge is 0.339 e. The van der Waals surface area contributed by atoms with E-state index in [9.17, 15) is 8.42 Å². The molecule has 0 aromatic heterocycles. The van der Waals surface area contributed by atoms with Crippen LogP contribution in [0.25, 0.3) is 0 Å². The van der Waals surface area contributed by atoms with Gasteiger partial charge in [0, 0.05) is 31.9 Å². The van der Waals surface area contributed by atoms with Gasteiger partial charge in [-0.05, 0) is 86.8 Å². The van der Waals surface area contributed by atoms with Crippen molar-refractivity contribution < 1.29 is 17.3 Å². The first kappa shape index (κ1) is 25.1. The van der Waals surface area contributed by atoms with Crippen molar-refractivity contribution in [2.45, 2.75) is 31.1 Å². The monoisotopic (exact) mass is 494 g/mol. The van der Waals surface area contributed by atoms with Gasteiger partial charge in [0.25, 0.3) is 0 Å². The van der Waals surface area contributed by atoms with Crippen LogP contribution >= 0.6 is 0 Å². The molecule has 1 fully saturated rings. The molecule has 7 heteroatoms. The first-order valence-electron chi connectivity index (χ1n) is 12.1. The second kappa shape index (κ2) is 11.6. The molecule has 1 aliphatic rings. The quantitative estimate of drug-likeness (QED) is 0.295. The molecule has 3 aromatic rings. The number of methoxy groups -OCH3 is 1. The maximum absolute atomic E-state index is 12.5. The van der Waals surface area contributed by atoms with E-state index in [2.05, 4.69) is 21.9 Å². The van der Waals surface area contributed by atoms with Crippen LogP contribution in [-0.2, 0) is 16.5 Å². The third kappa shape index (κ3) is 6.99. The first-order valence-corrected chi connectivity index (χ1v) is 13.6. The fraction of sp³-hybridized carbons (Fsp3) is 0.357. The van der Waals surface area contributed by atoms with Crippen LogP contribution in [0.5, 0.6) is 11.5 Å². The molecule has 0 aliphatic carbocycles. The highest BCUT2D eigenvalue weighted by Crippen LogP contribution is 2.24. The number of unbranched alkanes of at least 4 members (excludes halogenated alkanes) is 1. The number of piperazine rings is 1. The molecule has 186 valence electrons. The van der Waals surface area contributed by atoms with Crippen LogP contribution in [-0.4, -0.2) is 53.2 Å². The van der Waals surface area contributed by atoms with E-state index in [1.165, 1.54) is 18.4 Å². The number of nitrogens with zero attached hydrogens (tertiary/aromatic N) is 2. The molecular weight excluding hydrogens is 460 g/mol.